The van der Waals surface area contributed by atoms with Gasteiger partial charge in [0.15, 0.2) is 0 Å². The third-order valence-electron chi connectivity index (χ3n) is 4.60. The van der Waals surface area contributed by atoms with E-state index in [-0.39, 0.29) is 6.98 Å². The zero-order valence-electron chi connectivity index (χ0n) is 16.0. The van der Waals surface area contributed by atoms with Crippen LogP contribution in [0.2, 0.25) is 19.6 Å². The Labute approximate surface area is 162 Å². The first-order valence-corrected chi connectivity index (χ1v) is 12.8. The van der Waals surface area contributed by atoms with E-state index in [0.717, 1.165) is 16.8 Å². The summed E-state index contributed by atoms with van der Waals surface area (Å²) in [6.07, 6.45) is 2.08. The molecule has 0 aromatic heterocycles. The Kier molecular flexibility index (Phi) is 4.55. The maximum atomic E-state index is 3.67. The molecule has 0 radical (unpaired) electrons. The Bertz CT molecular complexity index is 1030. The summed E-state index contributed by atoms with van der Waals surface area (Å²) in [5.41, 5.74) is 8.11. The van der Waals surface area contributed by atoms with E-state index in [1.165, 1.54) is 16.3 Å². The summed E-state index contributed by atoms with van der Waals surface area (Å²) < 4.78 is 0. The van der Waals surface area contributed by atoms with Gasteiger partial charge in [-0.15, -0.1) is 5.54 Å². The Morgan fingerprint density at radius 1 is 0.852 bits per heavy atom. The number of rotatable bonds is 2. The second kappa shape index (κ2) is 7.02. The highest BCUT2D eigenvalue weighted by Crippen LogP contribution is 2.36. The molecule has 0 saturated heterocycles. The van der Waals surface area contributed by atoms with Crippen molar-refractivity contribution in [2.75, 3.05) is 10.5 Å². The molecule has 0 aliphatic carbocycles. The zero-order chi connectivity index (χ0) is 18.9. The molecule has 2 N–H and O–H groups in total. The molecule has 1 aliphatic rings. The van der Waals surface area contributed by atoms with Crippen molar-refractivity contribution in [1.29, 1.82) is 0 Å². The molecular formula is C23H23BN2Si. The molecular weight excluding hydrogens is 343 g/mol. The van der Waals surface area contributed by atoms with E-state index in [1.54, 1.807) is 0 Å². The highest BCUT2D eigenvalue weighted by molar-refractivity contribution is 6.85. The van der Waals surface area contributed by atoms with Gasteiger partial charge in [0, 0.05) is 16.8 Å². The van der Waals surface area contributed by atoms with E-state index in [0.29, 0.717) is 0 Å². The van der Waals surface area contributed by atoms with Crippen LogP contribution >= 0.6 is 0 Å². The summed E-state index contributed by atoms with van der Waals surface area (Å²) in [5.74, 6) is 3.34. The molecule has 0 atom stereocenters. The third kappa shape index (κ3) is 3.79. The predicted octanol–water partition coefficient (Wildman–Crippen LogP) is 5.67. The number of hydrogen-bond donors (Lipinski definition) is 2. The average Bonchev–Trinajstić information content (AvgIpc) is 2.65. The Morgan fingerprint density at radius 3 is 2.07 bits per heavy atom. The molecule has 132 valence electrons. The first-order chi connectivity index (χ1) is 13.0. The van der Waals surface area contributed by atoms with Gasteiger partial charge in [-0.3, -0.25) is 0 Å². The Hall–Kier alpha value is -2.90. The van der Waals surface area contributed by atoms with E-state index in [2.05, 4.69) is 108 Å². The first-order valence-electron chi connectivity index (χ1n) is 9.34. The summed E-state index contributed by atoms with van der Waals surface area (Å²) in [6.45, 7) is 6.78. The second-order valence-corrected chi connectivity index (χ2v) is 12.7. The number of allylic oxidation sites excluding steroid dienone is 1. The molecule has 2 nitrogen and oxygen atoms in total. The topological polar surface area (TPSA) is 24.1 Å². The summed E-state index contributed by atoms with van der Waals surface area (Å²) in [4.78, 5) is 0. The molecule has 4 heteroatoms. The van der Waals surface area contributed by atoms with Crippen LogP contribution in [0.4, 0.5) is 11.4 Å². The fraction of sp³-hybridized carbons (Fsp3) is 0.130. The minimum absolute atomic E-state index is 0.0242. The van der Waals surface area contributed by atoms with Gasteiger partial charge in [-0.05, 0) is 34.6 Å². The van der Waals surface area contributed by atoms with Gasteiger partial charge in [0.05, 0.1) is 0 Å². The van der Waals surface area contributed by atoms with E-state index in [4.69, 9.17) is 0 Å². The van der Waals surface area contributed by atoms with Crippen LogP contribution in [0.1, 0.15) is 5.56 Å². The molecule has 3 aromatic rings. The Balaban J connectivity index is 1.77. The first kappa shape index (κ1) is 17.5. The number of anilines is 2. The SMILES string of the molecule is C[Si](C)(C)C#C/C=C(/B1Nc2cccc3cccc(c23)N1)c1ccccc1. The van der Waals surface area contributed by atoms with Crippen molar-refractivity contribution >= 4 is 42.7 Å². The van der Waals surface area contributed by atoms with Crippen molar-refractivity contribution in [2.45, 2.75) is 19.6 Å². The monoisotopic (exact) mass is 366 g/mol. The molecule has 0 spiro atoms. The fourth-order valence-corrected chi connectivity index (χ4v) is 3.88. The fourth-order valence-electron chi connectivity index (χ4n) is 3.38. The molecule has 0 unspecified atom stereocenters. The van der Waals surface area contributed by atoms with Crippen LogP contribution in [-0.2, 0) is 0 Å². The van der Waals surface area contributed by atoms with Gasteiger partial charge in [0.2, 0.25) is 0 Å². The summed E-state index contributed by atoms with van der Waals surface area (Å²) in [7, 11) is -1.42. The van der Waals surface area contributed by atoms with Crippen LogP contribution in [-0.4, -0.2) is 15.1 Å². The average molecular weight is 366 g/mol. The molecule has 0 amide bonds. The summed E-state index contributed by atoms with van der Waals surface area (Å²) in [5, 5.41) is 9.83. The standard InChI is InChI=1S/C23H23BN2Si/c1-27(2,3)17-9-14-20(18-10-5-4-6-11-18)24-25-21-15-7-12-19-13-8-16-22(26-24)23(19)21/h4-8,10-16,25-26H,1-3H3/b20-14+. The normalized spacial score (nSPS) is 13.4. The lowest BCUT2D eigenvalue weighted by Gasteiger charge is -2.28. The molecule has 0 fully saturated rings. The third-order valence-corrected chi connectivity index (χ3v) is 5.49. The zero-order valence-corrected chi connectivity index (χ0v) is 17.0. The molecule has 0 saturated carbocycles. The second-order valence-electron chi connectivity index (χ2n) is 7.92. The largest absolute Gasteiger partial charge is 0.407 e. The van der Waals surface area contributed by atoms with Gasteiger partial charge < -0.3 is 10.5 Å². The minimum Gasteiger partial charge on any atom is -0.405 e. The number of nitrogens with one attached hydrogen (secondary N) is 2. The smallest absolute Gasteiger partial charge is 0.405 e. The molecule has 27 heavy (non-hydrogen) atoms. The van der Waals surface area contributed by atoms with Crippen LogP contribution in [0.15, 0.2) is 72.8 Å². The highest BCUT2D eigenvalue weighted by atomic mass is 28.3. The van der Waals surface area contributed by atoms with Gasteiger partial charge in [-0.1, -0.05) is 80.2 Å². The molecule has 0 bridgehead atoms. The van der Waals surface area contributed by atoms with Crippen molar-refractivity contribution in [3.63, 3.8) is 0 Å². The number of benzene rings is 3. The molecule has 1 aliphatic heterocycles. The van der Waals surface area contributed by atoms with Crippen molar-refractivity contribution in [2.24, 2.45) is 0 Å². The lowest BCUT2D eigenvalue weighted by Crippen LogP contribution is -2.38. The van der Waals surface area contributed by atoms with Crippen molar-refractivity contribution in [3.8, 4) is 11.5 Å². The van der Waals surface area contributed by atoms with Crippen LogP contribution in [0.25, 0.3) is 16.2 Å². The van der Waals surface area contributed by atoms with Gasteiger partial charge in [-0.25, -0.2) is 0 Å². The van der Waals surface area contributed by atoms with Gasteiger partial charge in [-0.2, -0.15) is 0 Å². The Morgan fingerprint density at radius 2 is 1.48 bits per heavy atom. The maximum Gasteiger partial charge on any atom is 0.407 e. The van der Waals surface area contributed by atoms with Crippen molar-refractivity contribution < 1.29 is 0 Å². The van der Waals surface area contributed by atoms with Crippen LogP contribution in [0.5, 0.6) is 0 Å². The van der Waals surface area contributed by atoms with Crippen molar-refractivity contribution in [3.05, 3.63) is 78.4 Å². The van der Waals surface area contributed by atoms with E-state index in [1.807, 2.05) is 6.07 Å². The van der Waals surface area contributed by atoms with E-state index in [9.17, 15) is 0 Å². The molecule has 4 rings (SSSR count). The lowest BCUT2D eigenvalue weighted by molar-refractivity contribution is 1.59. The highest BCUT2D eigenvalue weighted by Gasteiger charge is 2.28. The van der Waals surface area contributed by atoms with Crippen molar-refractivity contribution in [1.82, 2.24) is 0 Å². The van der Waals surface area contributed by atoms with Crippen LogP contribution in [0, 0.1) is 11.5 Å². The van der Waals surface area contributed by atoms with Crippen LogP contribution in [0.3, 0.4) is 0 Å². The van der Waals surface area contributed by atoms with Gasteiger partial charge >= 0.3 is 6.98 Å². The van der Waals surface area contributed by atoms with Gasteiger partial charge in [0.1, 0.15) is 8.07 Å². The lowest BCUT2D eigenvalue weighted by atomic mass is 9.62. The predicted molar refractivity (Wildman–Crippen MR) is 122 cm³/mol. The molecule has 3 aromatic carbocycles. The minimum atomic E-state index is -1.42. The van der Waals surface area contributed by atoms with Gasteiger partial charge in [0.25, 0.3) is 0 Å². The molecule has 1 heterocycles. The quantitative estimate of drug-likeness (QED) is 0.451. The van der Waals surface area contributed by atoms with E-state index >= 15 is 0 Å². The summed E-state index contributed by atoms with van der Waals surface area (Å²) in [6, 6.07) is 23.3. The maximum absolute atomic E-state index is 3.67. The summed E-state index contributed by atoms with van der Waals surface area (Å²) >= 11 is 0. The van der Waals surface area contributed by atoms with Crippen LogP contribution < -0.4 is 10.5 Å². The van der Waals surface area contributed by atoms with E-state index < -0.39 is 8.07 Å². The number of hydrogen-bond acceptors (Lipinski definition) is 2.